The summed E-state index contributed by atoms with van der Waals surface area (Å²) in [6.07, 6.45) is 0.233. The Kier molecular flexibility index (Phi) is 5.26. The fourth-order valence-electron chi connectivity index (χ4n) is 2.52. The Morgan fingerprint density at radius 1 is 1.45 bits per heavy atom. The van der Waals surface area contributed by atoms with Crippen LogP contribution in [0.25, 0.3) is 0 Å². The van der Waals surface area contributed by atoms with Gasteiger partial charge in [0.1, 0.15) is 5.75 Å². The topological polar surface area (TPSA) is 33.7 Å². The minimum Gasteiger partial charge on any atom is -0.495 e. The predicted octanol–water partition coefficient (Wildman–Crippen LogP) is 2.52. The molecule has 1 aromatic rings. The van der Waals surface area contributed by atoms with Crippen LogP contribution in [0.2, 0.25) is 0 Å². The number of hydrogen-bond donors (Lipinski definition) is 1. The highest BCUT2D eigenvalue weighted by atomic mass is 16.5. The molecule has 1 aromatic carbocycles. The smallest absolute Gasteiger partial charge is 0.141 e. The number of aryl methyl sites for hydroxylation is 1. The van der Waals surface area contributed by atoms with Gasteiger partial charge < -0.3 is 14.8 Å². The molecule has 0 radical (unpaired) electrons. The lowest BCUT2D eigenvalue weighted by Crippen LogP contribution is -2.48. The lowest BCUT2D eigenvalue weighted by atomic mass is 10.2. The van der Waals surface area contributed by atoms with E-state index in [0.717, 1.165) is 37.7 Å². The molecule has 0 amide bonds. The number of benzene rings is 1. The van der Waals surface area contributed by atoms with Gasteiger partial charge >= 0.3 is 0 Å². The van der Waals surface area contributed by atoms with Crippen molar-refractivity contribution in [2.24, 2.45) is 0 Å². The lowest BCUT2D eigenvalue weighted by molar-refractivity contribution is -0.0315. The summed E-state index contributed by atoms with van der Waals surface area (Å²) in [5.41, 5.74) is 2.26. The summed E-state index contributed by atoms with van der Waals surface area (Å²) in [6.45, 7) is 10.2. The summed E-state index contributed by atoms with van der Waals surface area (Å²) in [5, 5.41) is 3.46. The van der Waals surface area contributed by atoms with Crippen LogP contribution in [0.1, 0.15) is 19.4 Å². The van der Waals surface area contributed by atoms with E-state index in [4.69, 9.17) is 9.47 Å². The van der Waals surface area contributed by atoms with Crippen LogP contribution in [-0.2, 0) is 4.74 Å². The average molecular weight is 278 g/mol. The van der Waals surface area contributed by atoms with E-state index in [2.05, 4.69) is 43.1 Å². The van der Waals surface area contributed by atoms with Gasteiger partial charge in [0.15, 0.2) is 0 Å². The van der Waals surface area contributed by atoms with Gasteiger partial charge in [-0.1, -0.05) is 6.07 Å². The molecule has 0 aliphatic carbocycles. The van der Waals surface area contributed by atoms with E-state index in [1.165, 1.54) is 5.56 Å². The number of anilines is 1. The second kappa shape index (κ2) is 6.95. The molecule has 1 N–H and O–H groups in total. The third-order valence-electron chi connectivity index (χ3n) is 3.78. The number of rotatable bonds is 5. The third-order valence-corrected chi connectivity index (χ3v) is 3.78. The van der Waals surface area contributed by atoms with Crippen molar-refractivity contribution in [2.75, 3.05) is 38.7 Å². The standard InChI is InChI=1S/C16H26N2O2/c1-12(2)18-7-8-20-14(11-18)10-17-15-9-13(3)5-6-16(15)19-4/h5-6,9,12,14,17H,7-8,10-11H2,1-4H3. The van der Waals surface area contributed by atoms with Gasteiger partial charge in [-0.05, 0) is 38.5 Å². The highest BCUT2D eigenvalue weighted by molar-refractivity contribution is 5.58. The molecule has 20 heavy (non-hydrogen) atoms. The Labute approximate surface area is 122 Å². The molecule has 1 fully saturated rings. The van der Waals surface area contributed by atoms with Crippen LogP contribution in [0.5, 0.6) is 5.75 Å². The molecule has 0 spiro atoms. The molecule has 1 unspecified atom stereocenters. The summed E-state index contributed by atoms with van der Waals surface area (Å²) in [6, 6.07) is 6.75. The average Bonchev–Trinajstić information content (AvgIpc) is 2.45. The molecule has 4 heteroatoms. The van der Waals surface area contributed by atoms with Crippen LogP contribution in [0.3, 0.4) is 0 Å². The highest BCUT2D eigenvalue weighted by Gasteiger charge is 2.22. The van der Waals surface area contributed by atoms with Crippen molar-refractivity contribution < 1.29 is 9.47 Å². The quantitative estimate of drug-likeness (QED) is 0.897. The van der Waals surface area contributed by atoms with Crippen molar-refractivity contribution in [1.29, 1.82) is 0 Å². The SMILES string of the molecule is COc1ccc(C)cc1NCC1CN(C(C)C)CCO1. The number of hydrogen-bond acceptors (Lipinski definition) is 4. The second-order valence-corrected chi connectivity index (χ2v) is 5.67. The summed E-state index contributed by atoms with van der Waals surface area (Å²) in [7, 11) is 1.70. The van der Waals surface area contributed by atoms with E-state index in [9.17, 15) is 0 Å². The van der Waals surface area contributed by atoms with Crippen molar-refractivity contribution in [1.82, 2.24) is 4.90 Å². The maximum atomic E-state index is 5.84. The lowest BCUT2D eigenvalue weighted by Gasteiger charge is -2.35. The fourth-order valence-corrected chi connectivity index (χ4v) is 2.52. The molecule has 4 nitrogen and oxygen atoms in total. The van der Waals surface area contributed by atoms with E-state index in [1.807, 2.05) is 6.07 Å². The molecular formula is C16H26N2O2. The van der Waals surface area contributed by atoms with Gasteiger partial charge in [0.2, 0.25) is 0 Å². The summed E-state index contributed by atoms with van der Waals surface area (Å²) >= 11 is 0. The Morgan fingerprint density at radius 3 is 2.95 bits per heavy atom. The minimum atomic E-state index is 0.233. The van der Waals surface area contributed by atoms with E-state index in [1.54, 1.807) is 7.11 Å². The summed E-state index contributed by atoms with van der Waals surface area (Å²) in [4.78, 5) is 2.46. The van der Waals surface area contributed by atoms with Gasteiger partial charge in [0, 0.05) is 25.7 Å². The van der Waals surface area contributed by atoms with Crippen LogP contribution in [-0.4, -0.2) is 50.4 Å². The van der Waals surface area contributed by atoms with Crippen LogP contribution < -0.4 is 10.1 Å². The highest BCUT2D eigenvalue weighted by Crippen LogP contribution is 2.25. The number of morpholine rings is 1. The molecular weight excluding hydrogens is 252 g/mol. The number of nitrogens with zero attached hydrogens (tertiary/aromatic N) is 1. The van der Waals surface area contributed by atoms with Crippen LogP contribution in [0, 0.1) is 6.92 Å². The Balaban J connectivity index is 1.93. The van der Waals surface area contributed by atoms with Crippen molar-refractivity contribution in [3.05, 3.63) is 23.8 Å². The fraction of sp³-hybridized carbons (Fsp3) is 0.625. The third kappa shape index (κ3) is 3.87. The minimum absolute atomic E-state index is 0.233. The predicted molar refractivity (Wildman–Crippen MR) is 82.7 cm³/mol. The maximum absolute atomic E-state index is 5.84. The molecule has 1 saturated heterocycles. The zero-order valence-electron chi connectivity index (χ0n) is 13.0. The maximum Gasteiger partial charge on any atom is 0.141 e. The van der Waals surface area contributed by atoms with Gasteiger partial charge in [-0.3, -0.25) is 4.90 Å². The monoisotopic (exact) mass is 278 g/mol. The van der Waals surface area contributed by atoms with Crippen molar-refractivity contribution >= 4 is 5.69 Å². The Morgan fingerprint density at radius 2 is 2.25 bits per heavy atom. The van der Waals surface area contributed by atoms with Gasteiger partial charge in [0.05, 0.1) is 25.5 Å². The first-order valence-electron chi connectivity index (χ1n) is 7.34. The molecule has 112 valence electrons. The number of methoxy groups -OCH3 is 1. The van der Waals surface area contributed by atoms with Gasteiger partial charge in [0.25, 0.3) is 0 Å². The molecule has 1 aliphatic heterocycles. The van der Waals surface area contributed by atoms with Crippen molar-refractivity contribution in [3.63, 3.8) is 0 Å². The van der Waals surface area contributed by atoms with Gasteiger partial charge in [-0.15, -0.1) is 0 Å². The zero-order valence-corrected chi connectivity index (χ0v) is 13.0. The first-order chi connectivity index (χ1) is 9.60. The normalized spacial score (nSPS) is 20.1. The van der Waals surface area contributed by atoms with Crippen LogP contribution in [0.15, 0.2) is 18.2 Å². The van der Waals surface area contributed by atoms with E-state index >= 15 is 0 Å². The first-order valence-corrected chi connectivity index (χ1v) is 7.34. The van der Waals surface area contributed by atoms with Crippen molar-refractivity contribution in [3.8, 4) is 5.75 Å². The van der Waals surface area contributed by atoms with E-state index < -0.39 is 0 Å². The summed E-state index contributed by atoms with van der Waals surface area (Å²) < 4.78 is 11.2. The summed E-state index contributed by atoms with van der Waals surface area (Å²) in [5.74, 6) is 0.882. The second-order valence-electron chi connectivity index (χ2n) is 5.67. The Hall–Kier alpha value is -1.26. The molecule has 1 aliphatic rings. The first kappa shape index (κ1) is 15.1. The zero-order chi connectivity index (χ0) is 14.5. The molecule has 0 bridgehead atoms. The molecule has 2 rings (SSSR count). The van der Waals surface area contributed by atoms with E-state index in [-0.39, 0.29) is 6.10 Å². The molecule has 0 aromatic heterocycles. The van der Waals surface area contributed by atoms with Gasteiger partial charge in [-0.2, -0.15) is 0 Å². The number of nitrogens with one attached hydrogen (secondary N) is 1. The van der Waals surface area contributed by atoms with Crippen LogP contribution >= 0.6 is 0 Å². The number of ether oxygens (including phenoxy) is 2. The van der Waals surface area contributed by atoms with Crippen molar-refractivity contribution in [2.45, 2.75) is 32.9 Å². The van der Waals surface area contributed by atoms with E-state index in [0.29, 0.717) is 6.04 Å². The van der Waals surface area contributed by atoms with Crippen LogP contribution in [0.4, 0.5) is 5.69 Å². The largest absolute Gasteiger partial charge is 0.495 e. The molecule has 1 atom stereocenters. The Bertz CT molecular complexity index is 434. The molecule has 1 heterocycles. The molecule has 0 saturated carbocycles. The van der Waals surface area contributed by atoms with Gasteiger partial charge in [-0.25, -0.2) is 0 Å².